The lowest BCUT2D eigenvalue weighted by Gasteiger charge is -2.11. The van der Waals surface area contributed by atoms with Gasteiger partial charge in [0, 0.05) is 6.54 Å². The van der Waals surface area contributed by atoms with Gasteiger partial charge in [0.15, 0.2) is 23.1 Å². The van der Waals surface area contributed by atoms with Crippen LogP contribution in [0, 0.1) is 5.82 Å². The summed E-state index contributed by atoms with van der Waals surface area (Å²) in [7, 11) is 3.14. The molecule has 2 aromatic rings. The fourth-order valence-corrected chi connectivity index (χ4v) is 1.92. The zero-order valence-corrected chi connectivity index (χ0v) is 12.1. The molecule has 4 nitrogen and oxygen atoms in total. The number of halogens is 1. The van der Waals surface area contributed by atoms with Crippen molar-refractivity contribution in [2.24, 2.45) is 5.73 Å². The second-order valence-corrected chi connectivity index (χ2v) is 4.45. The van der Waals surface area contributed by atoms with E-state index in [0.717, 1.165) is 11.1 Å². The average Bonchev–Trinajstić information content (AvgIpc) is 2.53. The molecule has 0 aromatic heterocycles. The molecular formula is C16H18FNO3. The quantitative estimate of drug-likeness (QED) is 0.889. The third kappa shape index (κ3) is 3.64. The van der Waals surface area contributed by atoms with Crippen molar-refractivity contribution < 1.29 is 18.6 Å². The van der Waals surface area contributed by atoms with Crippen LogP contribution in [0.4, 0.5) is 4.39 Å². The van der Waals surface area contributed by atoms with Gasteiger partial charge in [-0.1, -0.05) is 12.1 Å². The van der Waals surface area contributed by atoms with Gasteiger partial charge in [0.05, 0.1) is 14.2 Å². The Morgan fingerprint density at radius 3 is 2.19 bits per heavy atom. The first-order valence-electron chi connectivity index (χ1n) is 6.50. The van der Waals surface area contributed by atoms with Crippen LogP contribution in [0.25, 0.3) is 0 Å². The zero-order valence-electron chi connectivity index (χ0n) is 12.1. The smallest absolute Gasteiger partial charge is 0.165 e. The first-order chi connectivity index (χ1) is 10.2. The van der Waals surface area contributed by atoms with E-state index in [0.29, 0.717) is 18.0 Å². The van der Waals surface area contributed by atoms with E-state index in [-0.39, 0.29) is 12.4 Å². The molecule has 0 bridgehead atoms. The SMILES string of the molecule is COc1ccc(COc2ccc(CN)cc2F)cc1OC. The Hall–Kier alpha value is -2.27. The number of hydrogen-bond acceptors (Lipinski definition) is 4. The molecule has 0 spiro atoms. The highest BCUT2D eigenvalue weighted by Gasteiger charge is 2.07. The average molecular weight is 291 g/mol. The summed E-state index contributed by atoms with van der Waals surface area (Å²) in [6.45, 7) is 0.534. The van der Waals surface area contributed by atoms with Crippen molar-refractivity contribution in [3.63, 3.8) is 0 Å². The van der Waals surface area contributed by atoms with Crippen molar-refractivity contribution >= 4 is 0 Å². The van der Waals surface area contributed by atoms with Crippen LogP contribution in [0.3, 0.4) is 0 Å². The maximum Gasteiger partial charge on any atom is 0.165 e. The molecule has 0 saturated carbocycles. The molecule has 0 radical (unpaired) electrons. The summed E-state index contributed by atoms with van der Waals surface area (Å²) >= 11 is 0. The number of nitrogens with two attached hydrogens (primary N) is 1. The Labute approximate surface area is 123 Å². The molecule has 0 aliphatic heterocycles. The highest BCUT2D eigenvalue weighted by molar-refractivity contribution is 5.42. The summed E-state index contributed by atoms with van der Waals surface area (Å²) in [6, 6.07) is 10.1. The van der Waals surface area contributed by atoms with Crippen LogP contribution in [0.5, 0.6) is 17.2 Å². The fraction of sp³-hybridized carbons (Fsp3) is 0.250. The van der Waals surface area contributed by atoms with E-state index in [1.54, 1.807) is 38.5 Å². The first-order valence-corrected chi connectivity index (χ1v) is 6.50. The Kier molecular flexibility index (Phi) is 5.00. The minimum atomic E-state index is -0.418. The van der Waals surface area contributed by atoms with Gasteiger partial charge >= 0.3 is 0 Å². The molecule has 0 amide bonds. The number of ether oxygens (including phenoxy) is 3. The number of rotatable bonds is 6. The monoisotopic (exact) mass is 291 g/mol. The van der Waals surface area contributed by atoms with Gasteiger partial charge in [-0.25, -0.2) is 4.39 Å². The highest BCUT2D eigenvalue weighted by Crippen LogP contribution is 2.28. The molecule has 21 heavy (non-hydrogen) atoms. The third-order valence-electron chi connectivity index (χ3n) is 3.07. The third-order valence-corrected chi connectivity index (χ3v) is 3.07. The second kappa shape index (κ2) is 6.95. The maximum absolute atomic E-state index is 13.8. The molecule has 0 saturated heterocycles. The number of methoxy groups -OCH3 is 2. The van der Waals surface area contributed by atoms with Crippen molar-refractivity contribution in [2.45, 2.75) is 13.2 Å². The lowest BCUT2D eigenvalue weighted by Crippen LogP contribution is -2.01. The van der Waals surface area contributed by atoms with Gasteiger partial charge in [-0.15, -0.1) is 0 Å². The van der Waals surface area contributed by atoms with Crippen LogP contribution in [0.1, 0.15) is 11.1 Å². The molecule has 112 valence electrons. The van der Waals surface area contributed by atoms with Gasteiger partial charge in [-0.2, -0.15) is 0 Å². The zero-order chi connectivity index (χ0) is 15.2. The van der Waals surface area contributed by atoms with Gasteiger partial charge in [-0.3, -0.25) is 0 Å². The minimum absolute atomic E-state index is 0.196. The predicted octanol–water partition coefficient (Wildman–Crippen LogP) is 2.88. The molecular weight excluding hydrogens is 273 g/mol. The molecule has 0 heterocycles. The van der Waals surface area contributed by atoms with Crippen LogP contribution in [-0.4, -0.2) is 14.2 Å². The van der Waals surface area contributed by atoms with Crippen molar-refractivity contribution in [3.05, 3.63) is 53.3 Å². The van der Waals surface area contributed by atoms with Crippen molar-refractivity contribution in [1.82, 2.24) is 0 Å². The molecule has 0 fully saturated rings. The second-order valence-electron chi connectivity index (χ2n) is 4.45. The Bertz CT molecular complexity index is 616. The Balaban J connectivity index is 2.09. The van der Waals surface area contributed by atoms with E-state index < -0.39 is 5.82 Å². The van der Waals surface area contributed by atoms with Crippen molar-refractivity contribution in [2.75, 3.05) is 14.2 Å². The highest BCUT2D eigenvalue weighted by atomic mass is 19.1. The molecule has 0 aliphatic carbocycles. The van der Waals surface area contributed by atoms with Crippen molar-refractivity contribution in [1.29, 1.82) is 0 Å². The minimum Gasteiger partial charge on any atom is -0.493 e. The summed E-state index contributed by atoms with van der Waals surface area (Å²) in [5.74, 6) is 1.03. The topological polar surface area (TPSA) is 53.7 Å². The van der Waals surface area contributed by atoms with E-state index in [4.69, 9.17) is 19.9 Å². The van der Waals surface area contributed by atoms with Gasteiger partial charge in [-0.05, 0) is 35.4 Å². The van der Waals surface area contributed by atoms with E-state index in [1.165, 1.54) is 6.07 Å². The Morgan fingerprint density at radius 2 is 1.57 bits per heavy atom. The van der Waals surface area contributed by atoms with E-state index >= 15 is 0 Å². The predicted molar refractivity (Wildman–Crippen MR) is 78.2 cm³/mol. The summed E-state index contributed by atoms with van der Waals surface area (Å²) in [5.41, 5.74) is 7.04. The van der Waals surface area contributed by atoms with Crippen LogP contribution >= 0.6 is 0 Å². The van der Waals surface area contributed by atoms with Crippen LogP contribution in [-0.2, 0) is 13.2 Å². The van der Waals surface area contributed by atoms with Crippen molar-refractivity contribution in [3.8, 4) is 17.2 Å². The van der Waals surface area contributed by atoms with Crippen LogP contribution < -0.4 is 19.9 Å². The van der Waals surface area contributed by atoms with Gasteiger partial charge in [0.2, 0.25) is 0 Å². The normalized spacial score (nSPS) is 10.3. The summed E-state index contributed by atoms with van der Waals surface area (Å²) in [6.07, 6.45) is 0. The molecule has 0 aliphatic rings. The van der Waals surface area contributed by atoms with Crippen LogP contribution in [0.2, 0.25) is 0 Å². The lowest BCUT2D eigenvalue weighted by atomic mass is 10.2. The van der Waals surface area contributed by atoms with E-state index in [9.17, 15) is 4.39 Å². The molecule has 2 rings (SSSR count). The van der Waals surface area contributed by atoms with Crippen LogP contribution in [0.15, 0.2) is 36.4 Å². The van der Waals surface area contributed by atoms with E-state index in [2.05, 4.69) is 0 Å². The molecule has 0 unspecified atom stereocenters. The van der Waals surface area contributed by atoms with Gasteiger partial charge < -0.3 is 19.9 Å². The van der Waals surface area contributed by atoms with Gasteiger partial charge in [0.25, 0.3) is 0 Å². The number of hydrogen-bond donors (Lipinski definition) is 1. The maximum atomic E-state index is 13.8. The Morgan fingerprint density at radius 1 is 0.905 bits per heavy atom. The summed E-state index contributed by atoms with van der Waals surface area (Å²) in [4.78, 5) is 0. The first kappa shape index (κ1) is 15.1. The largest absolute Gasteiger partial charge is 0.493 e. The summed E-state index contributed by atoms with van der Waals surface area (Å²) in [5, 5.41) is 0. The lowest BCUT2D eigenvalue weighted by molar-refractivity contribution is 0.288. The molecule has 2 N–H and O–H groups in total. The molecule has 5 heteroatoms. The van der Waals surface area contributed by atoms with Gasteiger partial charge in [0.1, 0.15) is 6.61 Å². The van der Waals surface area contributed by atoms with E-state index in [1.807, 2.05) is 6.07 Å². The standard InChI is InChI=1S/C16H18FNO3/c1-19-15-6-4-12(8-16(15)20-2)10-21-14-5-3-11(9-18)7-13(14)17/h3-8H,9-10,18H2,1-2H3. The molecule has 2 aromatic carbocycles. The fourth-order valence-electron chi connectivity index (χ4n) is 1.92. The molecule has 0 atom stereocenters. The number of benzene rings is 2. The summed E-state index contributed by atoms with van der Waals surface area (Å²) < 4.78 is 29.6.